The van der Waals surface area contributed by atoms with E-state index in [4.69, 9.17) is 10.7 Å². The highest BCUT2D eigenvalue weighted by molar-refractivity contribution is 8.13. The first-order chi connectivity index (χ1) is 9.15. The quantitative estimate of drug-likeness (QED) is 0.784. The maximum absolute atomic E-state index is 13.4. The zero-order valence-corrected chi connectivity index (χ0v) is 13.1. The summed E-state index contributed by atoms with van der Waals surface area (Å²) in [5.74, 6) is -0.952. The van der Waals surface area contributed by atoms with Crippen LogP contribution in [0.25, 0.3) is 0 Å². The van der Waals surface area contributed by atoms with Crippen LogP contribution in [0.5, 0.6) is 0 Å². The van der Waals surface area contributed by atoms with E-state index in [1.165, 1.54) is 4.90 Å². The minimum atomic E-state index is -4.07. The Bertz CT molecular complexity index is 604. The first-order valence-corrected chi connectivity index (χ1v) is 8.46. The van der Waals surface area contributed by atoms with Crippen molar-refractivity contribution < 1.29 is 17.6 Å². The molecule has 4 nitrogen and oxygen atoms in total. The monoisotopic (exact) mass is 321 g/mol. The SMILES string of the molecule is CCC(C)CN(C)C(=O)c1cc(F)cc(S(=O)(=O)Cl)c1. The molecule has 1 aromatic carbocycles. The fraction of sp³-hybridized carbons (Fsp3) is 0.462. The van der Waals surface area contributed by atoms with E-state index in [1.807, 2.05) is 13.8 Å². The van der Waals surface area contributed by atoms with E-state index in [9.17, 15) is 17.6 Å². The number of carbonyl (C=O) groups is 1. The average molecular weight is 322 g/mol. The third-order valence-electron chi connectivity index (χ3n) is 3.03. The van der Waals surface area contributed by atoms with Crippen LogP contribution in [0.1, 0.15) is 30.6 Å². The summed E-state index contributed by atoms with van der Waals surface area (Å²) in [6, 6.07) is 2.87. The second kappa shape index (κ2) is 6.54. The van der Waals surface area contributed by atoms with Crippen LogP contribution in [0.4, 0.5) is 4.39 Å². The van der Waals surface area contributed by atoms with Crippen LogP contribution < -0.4 is 0 Å². The van der Waals surface area contributed by atoms with Gasteiger partial charge >= 0.3 is 0 Å². The van der Waals surface area contributed by atoms with Gasteiger partial charge in [0.2, 0.25) is 0 Å². The molecule has 0 aliphatic rings. The van der Waals surface area contributed by atoms with Crippen molar-refractivity contribution >= 4 is 25.6 Å². The normalized spacial score (nSPS) is 13.1. The summed E-state index contributed by atoms with van der Waals surface area (Å²) in [4.78, 5) is 13.2. The molecule has 0 aliphatic carbocycles. The molecule has 1 aromatic rings. The van der Waals surface area contributed by atoms with Gasteiger partial charge in [0.25, 0.3) is 15.0 Å². The number of benzene rings is 1. The Hall–Kier alpha value is -1.14. The maximum Gasteiger partial charge on any atom is 0.261 e. The van der Waals surface area contributed by atoms with Gasteiger partial charge in [-0.05, 0) is 24.1 Å². The van der Waals surface area contributed by atoms with Gasteiger partial charge in [0.15, 0.2) is 0 Å². The van der Waals surface area contributed by atoms with Crippen molar-refractivity contribution in [2.24, 2.45) is 5.92 Å². The van der Waals surface area contributed by atoms with E-state index >= 15 is 0 Å². The van der Waals surface area contributed by atoms with Crippen LogP contribution in [0.2, 0.25) is 0 Å². The maximum atomic E-state index is 13.4. The average Bonchev–Trinajstić information content (AvgIpc) is 2.35. The molecule has 0 N–H and O–H groups in total. The molecular formula is C13H17ClFNO3S. The number of nitrogens with zero attached hydrogens (tertiary/aromatic N) is 1. The molecule has 1 atom stereocenters. The lowest BCUT2D eigenvalue weighted by molar-refractivity contribution is 0.0774. The molecule has 0 fully saturated rings. The third kappa shape index (κ3) is 4.45. The van der Waals surface area contributed by atoms with Crippen LogP contribution >= 0.6 is 10.7 Å². The number of carbonyl (C=O) groups excluding carboxylic acids is 1. The summed E-state index contributed by atoms with van der Waals surface area (Å²) in [6.07, 6.45) is 0.905. The highest BCUT2D eigenvalue weighted by Gasteiger charge is 2.19. The molecule has 1 amide bonds. The lowest BCUT2D eigenvalue weighted by Gasteiger charge is -2.21. The fourth-order valence-electron chi connectivity index (χ4n) is 1.73. The Balaban J connectivity index is 3.08. The van der Waals surface area contributed by atoms with Gasteiger partial charge in [-0.3, -0.25) is 4.79 Å². The topological polar surface area (TPSA) is 54.5 Å². The minimum absolute atomic E-state index is 0.0324. The molecule has 0 saturated heterocycles. The lowest BCUT2D eigenvalue weighted by Crippen LogP contribution is -2.31. The van der Waals surface area contributed by atoms with E-state index in [0.717, 1.165) is 24.6 Å². The predicted molar refractivity (Wildman–Crippen MR) is 75.9 cm³/mol. The van der Waals surface area contributed by atoms with Crippen molar-refractivity contribution in [2.75, 3.05) is 13.6 Å². The van der Waals surface area contributed by atoms with Crippen LogP contribution in [-0.4, -0.2) is 32.8 Å². The van der Waals surface area contributed by atoms with Gasteiger partial charge in [-0.25, -0.2) is 12.8 Å². The third-order valence-corrected chi connectivity index (χ3v) is 4.36. The van der Waals surface area contributed by atoms with E-state index in [1.54, 1.807) is 7.05 Å². The van der Waals surface area contributed by atoms with Gasteiger partial charge in [-0.15, -0.1) is 0 Å². The molecule has 0 bridgehead atoms. The Labute approximate surface area is 123 Å². The summed E-state index contributed by atoms with van der Waals surface area (Å²) in [7, 11) is 2.69. The van der Waals surface area contributed by atoms with Gasteiger partial charge < -0.3 is 4.90 Å². The van der Waals surface area contributed by atoms with E-state index in [0.29, 0.717) is 12.5 Å². The van der Waals surface area contributed by atoms with Gasteiger partial charge in [-0.1, -0.05) is 20.3 Å². The van der Waals surface area contributed by atoms with Crippen molar-refractivity contribution in [2.45, 2.75) is 25.2 Å². The van der Waals surface area contributed by atoms with Crippen molar-refractivity contribution in [3.8, 4) is 0 Å². The molecule has 0 saturated carbocycles. The molecule has 0 spiro atoms. The van der Waals surface area contributed by atoms with Crippen molar-refractivity contribution in [1.82, 2.24) is 4.90 Å². The van der Waals surface area contributed by atoms with Gasteiger partial charge in [-0.2, -0.15) is 0 Å². The molecule has 1 rings (SSSR count). The molecule has 20 heavy (non-hydrogen) atoms. The summed E-state index contributed by atoms with van der Waals surface area (Å²) in [5, 5.41) is 0. The zero-order chi connectivity index (χ0) is 15.5. The summed E-state index contributed by atoms with van der Waals surface area (Å²) < 4.78 is 35.9. The molecule has 1 unspecified atom stereocenters. The van der Waals surface area contributed by atoms with Gasteiger partial charge in [0, 0.05) is 29.8 Å². The molecular weight excluding hydrogens is 305 g/mol. The first-order valence-electron chi connectivity index (χ1n) is 6.15. The summed E-state index contributed by atoms with van der Waals surface area (Å²) >= 11 is 0. The lowest BCUT2D eigenvalue weighted by atomic mass is 10.1. The van der Waals surface area contributed by atoms with Crippen LogP contribution in [0, 0.1) is 11.7 Å². The highest BCUT2D eigenvalue weighted by Crippen LogP contribution is 2.19. The Morgan fingerprint density at radius 2 is 2.00 bits per heavy atom. The number of amides is 1. The summed E-state index contributed by atoms with van der Waals surface area (Å²) in [5.41, 5.74) is -0.0324. The van der Waals surface area contributed by atoms with Gasteiger partial charge in [0.1, 0.15) is 5.82 Å². The Kier molecular flexibility index (Phi) is 5.53. The second-order valence-corrected chi connectivity index (χ2v) is 7.38. The van der Waals surface area contributed by atoms with Crippen LogP contribution in [-0.2, 0) is 9.05 Å². The molecule has 0 radical (unpaired) electrons. The number of hydrogen-bond acceptors (Lipinski definition) is 3. The first kappa shape index (κ1) is 16.9. The molecule has 0 aromatic heterocycles. The van der Waals surface area contributed by atoms with Crippen molar-refractivity contribution in [1.29, 1.82) is 0 Å². The fourth-order valence-corrected chi connectivity index (χ4v) is 2.52. The Morgan fingerprint density at radius 3 is 2.50 bits per heavy atom. The molecule has 0 heterocycles. The van der Waals surface area contributed by atoms with E-state index in [-0.39, 0.29) is 5.56 Å². The zero-order valence-electron chi connectivity index (χ0n) is 11.6. The number of hydrogen-bond donors (Lipinski definition) is 0. The smallest absolute Gasteiger partial charge is 0.261 e. The number of rotatable bonds is 5. The van der Waals surface area contributed by atoms with Crippen molar-refractivity contribution in [3.05, 3.63) is 29.6 Å². The largest absolute Gasteiger partial charge is 0.341 e. The Morgan fingerprint density at radius 1 is 1.40 bits per heavy atom. The standard InChI is InChI=1S/C13H17ClFNO3S/c1-4-9(2)8-16(3)13(17)10-5-11(15)7-12(6-10)20(14,18)19/h5-7,9H,4,8H2,1-3H3. The van der Waals surface area contributed by atoms with Crippen LogP contribution in [0.15, 0.2) is 23.1 Å². The summed E-state index contributed by atoms with van der Waals surface area (Å²) in [6.45, 7) is 4.50. The molecule has 0 aliphatic heterocycles. The minimum Gasteiger partial charge on any atom is -0.341 e. The van der Waals surface area contributed by atoms with E-state index in [2.05, 4.69) is 0 Å². The van der Waals surface area contributed by atoms with Crippen molar-refractivity contribution in [3.63, 3.8) is 0 Å². The van der Waals surface area contributed by atoms with E-state index < -0.39 is 25.7 Å². The number of halogens is 2. The molecule has 112 valence electrons. The van der Waals surface area contributed by atoms with Crippen LogP contribution in [0.3, 0.4) is 0 Å². The second-order valence-electron chi connectivity index (χ2n) is 4.81. The van der Waals surface area contributed by atoms with Gasteiger partial charge in [0.05, 0.1) is 4.90 Å². The molecule has 7 heteroatoms. The predicted octanol–water partition coefficient (Wildman–Crippen LogP) is 2.87. The highest BCUT2D eigenvalue weighted by atomic mass is 35.7.